The van der Waals surface area contributed by atoms with Gasteiger partial charge in [-0.25, -0.2) is 0 Å². The Hall–Kier alpha value is -1.49. The summed E-state index contributed by atoms with van der Waals surface area (Å²) in [6.07, 6.45) is 2.81. The van der Waals surface area contributed by atoms with Crippen LogP contribution in [-0.4, -0.2) is 19.0 Å². The molecule has 22 heavy (non-hydrogen) atoms. The van der Waals surface area contributed by atoms with Crippen molar-refractivity contribution < 1.29 is 9.21 Å². The summed E-state index contributed by atoms with van der Waals surface area (Å²) in [7, 11) is 0. The van der Waals surface area contributed by atoms with Gasteiger partial charge in [-0.15, -0.1) is 0 Å². The van der Waals surface area contributed by atoms with Crippen molar-refractivity contribution in [3.05, 3.63) is 58.0 Å². The Bertz CT molecular complexity index is 600. The Kier molecular flexibility index (Phi) is 6.77. The molecule has 0 radical (unpaired) electrons. The Morgan fingerprint density at radius 1 is 1.18 bits per heavy atom. The average molecular weight is 341 g/mol. The fourth-order valence-electron chi connectivity index (χ4n) is 1.96. The Morgan fingerprint density at radius 2 is 2.05 bits per heavy atom. The Morgan fingerprint density at radius 3 is 2.77 bits per heavy atom. The van der Waals surface area contributed by atoms with Crippen LogP contribution >= 0.6 is 23.2 Å². The van der Waals surface area contributed by atoms with Crippen LogP contribution in [0.4, 0.5) is 0 Å². The molecule has 1 aromatic carbocycles. The summed E-state index contributed by atoms with van der Waals surface area (Å²) in [5.74, 6) is 0.743. The van der Waals surface area contributed by atoms with Crippen molar-refractivity contribution in [1.29, 1.82) is 0 Å². The molecule has 1 aromatic heterocycles. The molecule has 2 aromatic rings. The van der Waals surface area contributed by atoms with Crippen LogP contribution in [0.1, 0.15) is 17.7 Å². The normalized spacial score (nSPS) is 10.6. The lowest BCUT2D eigenvalue weighted by molar-refractivity contribution is -0.121. The molecule has 0 aliphatic carbocycles. The average Bonchev–Trinajstić information content (AvgIpc) is 3.00. The molecule has 6 heteroatoms. The molecular weight excluding hydrogens is 323 g/mol. The zero-order chi connectivity index (χ0) is 15.8. The number of carbonyl (C=O) groups excluding carboxylic acids is 1. The number of halogens is 2. The van der Waals surface area contributed by atoms with E-state index in [9.17, 15) is 4.79 Å². The van der Waals surface area contributed by atoms with Gasteiger partial charge in [-0.1, -0.05) is 29.3 Å². The van der Waals surface area contributed by atoms with Gasteiger partial charge in [0.25, 0.3) is 0 Å². The first-order valence-corrected chi connectivity index (χ1v) is 7.84. The first kappa shape index (κ1) is 16.9. The van der Waals surface area contributed by atoms with E-state index in [4.69, 9.17) is 27.6 Å². The fourth-order valence-corrected chi connectivity index (χ4v) is 2.46. The van der Waals surface area contributed by atoms with Gasteiger partial charge in [-0.2, -0.15) is 0 Å². The molecule has 2 rings (SSSR count). The van der Waals surface area contributed by atoms with E-state index in [1.54, 1.807) is 18.4 Å². The van der Waals surface area contributed by atoms with Gasteiger partial charge in [-0.3, -0.25) is 4.79 Å². The summed E-state index contributed by atoms with van der Waals surface area (Å²) in [4.78, 5) is 11.6. The van der Waals surface area contributed by atoms with Gasteiger partial charge in [0, 0.05) is 23.0 Å². The van der Waals surface area contributed by atoms with Crippen LogP contribution in [-0.2, 0) is 17.8 Å². The minimum absolute atomic E-state index is 0.00609. The highest BCUT2D eigenvalue weighted by molar-refractivity contribution is 6.35. The van der Waals surface area contributed by atoms with Crippen molar-refractivity contribution in [2.75, 3.05) is 13.1 Å². The molecular formula is C16H18Cl2N2O2. The highest BCUT2D eigenvalue weighted by Gasteiger charge is 2.03. The lowest BCUT2D eigenvalue weighted by Gasteiger charge is -2.07. The largest absolute Gasteiger partial charge is 0.467 e. The SMILES string of the molecule is O=C(CCNCCc1ccc(Cl)cc1Cl)NCc1ccco1. The van der Waals surface area contributed by atoms with Crippen LogP contribution < -0.4 is 10.6 Å². The summed E-state index contributed by atoms with van der Waals surface area (Å²) in [5.41, 5.74) is 1.04. The van der Waals surface area contributed by atoms with Crippen LogP contribution in [0.3, 0.4) is 0 Å². The maximum atomic E-state index is 11.6. The minimum atomic E-state index is -0.00609. The van der Waals surface area contributed by atoms with Gasteiger partial charge in [0.1, 0.15) is 5.76 Å². The smallest absolute Gasteiger partial charge is 0.221 e. The lowest BCUT2D eigenvalue weighted by atomic mass is 10.1. The van der Waals surface area contributed by atoms with E-state index in [1.807, 2.05) is 18.2 Å². The number of rotatable bonds is 8. The second-order valence-electron chi connectivity index (χ2n) is 4.84. The van der Waals surface area contributed by atoms with Crippen LogP contribution in [0.25, 0.3) is 0 Å². The van der Waals surface area contributed by atoms with Crippen LogP contribution in [0.2, 0.25) is 10.0 Å². The monoisotopic (exact) mass is 340 g/mol. The molecule has 0 bridgehead atoms. The minimum Gasteiger partial charge on any atom is -0.467 e. The van der Waals surface area contributed by atoms with Crippen LogP contribution in [0, 0.1) is 0 Å². The summed E-state index contributed by atoms with van der Waals surface area (Å²) >= 11 is 11.9. The number of hydrogen-bond acceptors (Lipinski definition) is 3. The highest BCUT2D eigenvalue weighted by atomic mass is 35.5. The van der Waals surface area contributed by atoms with Crippen LogP contribution in [0.5, 0.6) is 0 Å². The standard InChI is InChI=1S/C16H18Cl2N2O2/c17-13-4-3-12(15(18)10-13)5-7-19-8-6-16(21)20-11-14-2-1-9-22-14/h1-4,9-10,19H,5-8,11H2,(H,20,21). The van der Waals surface area contributed by atoms with Gasteiger partial charge in [0.15, 0.2) is 0 Å². The molecule has 0 saturated heterocycles. The summed E-state index contributed by atoms with van der Waals surface area (Å²) < 4.78 is 5.14. The maximum absolute atomic E-state index is 11.6. The predicted molar refractivity (Wildman–Crippen MR) is 88.2 cm³/mol. The van der Waals surface area contributed by atoms with Crippen molar-refractivity contribution in [3.8, 4) is 0 Å². The molecule has 0 unspecified atom stereocenters. The molecule has 1 amide bonds. The van der Waals surface area contributed by atoms with Gasteiger partial charge in [-0.05, 0) is 42.8 Å². The van der Waals surface area contributed by atoms with E-state index < -0.39 is 0 Å². The summed E-state index contributed by atoms with van der Waals surface area (Å²) in [6.45, 7) is 1.80. The zero-order valence-electron chi connectivity index (χ0n) is 12.1. The number of hydrogen-bond donors (Lipinski definition) is 2. The zero-order valence-corrected chi connectivity index (χ0v) is 13.6. The third kappa shape index (κ3) is 5.72. The van der Waals surface area contributed by atoms with E-state index in [1.165, 1.54) is 0 Å². The molecule has 0 saturated carbocycles. The van der Waals surface area contributed by atoms with Crippen molar-refractivity contribution in [2.45, 2.75) is 19.4 Å². The van der Waals surface area contributed by atoms with Crippen molar-refractivity contribution >= 4 is 29.1 Å². The first-order chi connectivity index (χ1) is 10.6. The van der Waals surface area contributed by atoms with Crippen LogP contribution in [0.15, 0.2) is 41.0 Å². The van der Waals surface area contributed by atoms with E-state index in [0.29, 0.717) is 29.6 Å². The molecule has 2 N–H and O–H groups in total. The molecule has 0 atom stereocenters. The molecule has 4 nitrogen and oxygen atoms in total. The van der Waals surface area contributed by atoms with Crippen molar-refractivity contribution in [2.24, 2.45) is 0 Å². The van der Waals surface area contributed by atoms with Gasteiger partial charge >= 0.3 is 0 Å². The molecule has 0 aliphatic rings. The molecule has 0 aliphatic heterocycles. The van der Waals surface area contributed by atoms with E-state index >= 15 is 0 Å². The van der Waals surface area contributed by atoms with E-state index in [-0.39, 0.29) is 5.91 Å². The van der Waals surface area contributed by atoms with E-state index in [0.717, 1.165) is 24.3 Å². The second kappa shape index (κ2) is 8.83. The predicted octanol–water partition coefficient (Wildman–Crippen LogP) is 3.43. The highest BCUT2D eigenvalue weighted by Crippen LogP contribution is 2.20. The Labute approximate surface area is 139 Å². The summed E-state index contributed by atoms with van der Waals surface area (Å²) in [6, 6.07) is 9.10. The molecule has 0 spiro atoms. The third-order valence-corrected chi connectivity index (χ3v) is 3.74. The lowest BCUT2D eigenvalue weighted by Crippen LogP contribution is -2.28. The number of nitrogens with one attached hydrogen (secondary N) is 2. The first-order valence-electron chi connectivity index (χ1n) is 7.09. The molecule has 118 valence electrons. The third-order valence-electron chi connectivity index (χ3n) is 3.15. The fraction of sp³-hybridized carbons (Fsp3) is 0.312. The molecule has 1 heterocycles. The topological polar surface area (TPSA) is 54.3 Å². The molecule has 0 fully saturated rings. The number of carbonyl (C=O) groups is 1. The number of amides is 1. The summed E-state index contributed by atoms with van der Waals surface area (Å²) in [5, 5.41) is 7.33. The second-order valence-corrected chi connectivity index (χ2v) is 5.69. The van der Waals surface area contributed by atoms with Crippen molar-refractivity contribution in [3.63, 3.8) is 0 Å². The Balaban J connectivity index is 1.57. The van der Waals surface area contributed by atoms with Gasteiger partial charge in [0.2, 0.25) is 5.91 Å². The number of furan rings is 1. The van der Waals surface area contributed by atoms with Gasteiger partial charge in [0.05, 0.1) is 12.8 Å². The number of benzene rings is 1. The quantitative estimate of drug-likeness (QED) is 0.724. The van der Waals surface area contributed by atoms with Gasteiger partial charge < -0.3 is 15.1 Å². The maximum Gasteiger partial charge on any atom is 0.221 e. The van der Waals surface area contributed by atoms with Crippen molar-refractivity contribution in [1.82, 2.24) is 10.6 Å². The van der Waals surface area contributed by atoms with E-state index in [2.05, 4.69) is 10.6 Å².